The van der Waals surface area contributed by atoms with Gasteiger partial charge in [-0.2, -0.15) is 0 Å². The van der Waals surface area contributed by atoms with E-state index in [4.69, 9.17) is 0 Å². The second-order valence-electron chi connectivity index (χ2n) is 6.35. The van der Waals surface area contributed by atoms with E-state index >= 15 is 0 Å². The molecule has 0 spiro atoms. The summed E-state index contributed by atoms with van der Waals surface area (Å²) in [6.45, 7) is 0.902. The van der Waals surface area contributed by atoms with Crippen LogP contribution in [0.5, 0.6) is 5.75 Å². The fourth-order valence-corrected chi connectivity index (χ4v) is 3.65. The van der Waals surface area contributed by atoms with Gasteiger partial charge in [-0.15, -0.1) is 0 Å². The van der Waals surface area contributed by atoms with Crippen molar-refractivity contribution in [2.45, 2.75) is 12.5 Å². The minimum Gasteiger partial charge on any atom is -0.508 e. The van der Waals surface area contributed by atoms with Crippen molar-refractivity contribution in [3.63, 3.8) is 0 Å². The molecule has 24 heavy (non-hydrogen) atoms. The van der Waals surface area contributed by atoms with E-state index in [2.05, 4.69) is 16.5 Å². The highest BCUT2D eigenvalue weighted by molar-refractivity contribution is 6.47. The van der Waals surface area contributed by atoms with Crippen LogP contribution < -0.4 is 5.32 Å². The monoisotopic (exact) mass is 321 g/mol. The maximum absolute atomic E-state index is 12.8. The van der Waals surface area contributed by atoms with Gasteiger partial charge in [-0.1, -0.05) is 12.1 Å². The van der Waals surface area contributed by atoms with Crippen LogP contribution in [0.3, 0.4) is 0 Å². The quantitative estimate of drug-likeness (QED) is 0.875. The number of carbonyl (C=O) groups excluding carboxylic acids is 1. The normalized spacial score (nSPS) is 27.1. The minimum atomic E-state index is -0.173. The number of likely N-dealkylation sites (N-methyl/N-ethyl adjacent to an activating group) is 1. The molecule has 0 saturated carbocycles. The summed E-state index contributed by atoms with van der Waals surface area (Å²) in [6.07, 6.45) is 8.45. The van der Waals surface area contributed by atoms with E-state index in [9.17, 15) is 9.90 Å². The van der Waals surface area contributed by atoms with Crippen molar-refractivity contribution in [1.82, 2.24) is 10.2 Å². The van der Waals surface area contributed by atoms with Gasteiger partial charge in [-0.05, 0) is 48.0 Å². The molecule has 1 aromatic carbocycles. The van der Waals surface area contributed by atoms with E-state index in [0.717, 1.165) is 24.2 Å². The highest BCUT2D eigenvalue weighted by Crippen LogP contribution is 2.39. The summed E-state index contributed by atoms with van der Waals surface area (Å²) < 4.78 is 0. The molecule has 3 aliphatic rings. The van der Waals surface area contributed by atoms with Crippen LogP contribution in [0.25, 0.3) is 6.08 Å². The van der Waals surface area contributed by atoms with E-state index in [1.54, 1.807) is 30.5 Å². The molecule has 2 atom stereocenters. The first kappa shape index (κ1) is 14.8. The average Bonchev–Trinajstić information content (AvgIpc) is 2.91. The molecule has 1 aromatic rings. The van der Waals surface area contributed by atoms with Crippen molar-refractivity contribution >= 4 is 17.6 Å². The predicted octanol–water partition coefficient (Wildman–Crippen LogP) is 2.08. The number of piperidine rings is 1. The molecule has 4 rings (SSSR count). The third kappa shape index (κ3) is 2.42. The minimum absolute atomic E-state index is 0.0663. The SMILES string of the molecule is CN1C=C2CCNC3=CC(=N/C=C/c4ccc(O)cc4)C(=O)C1C23. The van der Waals surface area contributed by atoms with Crippen LogP contribution in [0.1, 0.15) is 12.0 Å². The molecule has 2 unspecified atom stereocenters. The number of nitrogens with one attached hydrogen (secondary N) is 1. The second kappa shape index (κ2) is 5.67. The maximum atomic E-state index is 12.8. The number of phenols is 1. The largest absolute Gasteiger partial charge is 0.508 e. The number of carbonyl (C=O) groups is 1. The fourth-order valence-electron chi connectivity index (χ4n) is 3.65. The molecule has 0 bridgehead atoms. The van der Waals surface area contributed by atoms with Crippen LogP contribution in [0.15, 0.2) is 59.0 Å². The molecule has 1 saturated heterocycles. The number of aliphatic imine (C=N–C) groups is 1. The van der Waals surface area contributed by atoms with Crippen LogP contribution in [-0.2, 0) is 4.79 Å². The van der Waals surface area contributed by atoms with E-state index in [1.807, 2.05) is 24.1 Å². The molecule has 1 fully saturated rings. The Hall–Kier alpha value is -2.82. The Kier molecular flexibility index (Phi) is 3.49. The fraction of sp³-hybridized carbons (Fsp3) is 0.263. The Bertz CT molecular complexity index is 802. The number of aromatic hydroxyl groups is 1. The Morgan fingerprint density at radius 2 is 2.12 bits per heavy atom. The van der Waals surface area contributed by atoms with E-state index in [-0.39, 0.29) is 23.5 Å². The summed E-state index contributed by atoms with van der Waals surface area (Å²) in [7, 11) is 1.96. The van der Waals surface area contributed by atoms with Gasteiger partial charge in [-0.3, -0.25) is 9.79 Å². The molecule has 0 aromatic heterocycles. The van der Waals surface area contributed by atoms with Crippen molar-refractivity contribution in [3.05, 3.63) is 59.6 Å². The average molecular weight is 321 g/mol. The number of hydrogen-bond donors (Lipinski definition) is 2. The number of phenolic OH excluding ortho intramolecular Hbond substituents is 1. The van der Waals surface area contributed by atoms with Gasteiger partial charge in [0.15, 0.2) is 0 Å². The zero-order valence-corrected chi connectivity index (χ0v) is 13.4. The van der Waals surface area contributed by atoms with Crippen LogP contribution in [-0.4, -0.2) is 41.1 Å². The van der Waals surface area contributed by atoms with Crippen molar-refractivity contribution in [3.8, 4) is 5.75 Å². The number of allylic oxidation sites excluding steroid dienone is 1. The Labute approximate surface area is 140 Å². The van der Waals surface area contributed by atoms with Gasteiger partial charge in [0.1, 0.15) is 17.5 Å². The number of nitrogens with zero attached hydrogens (tertiary/aromatic N) is 2. The molecule has 122 valence electrons. The number of benzene rings is 1. The van der Waals surface area contributed by atoms with Gasteiger partial charge in [-0.25, -0.2) is 0 Å². The molecule has 5 nitrogen and oxygen atoms in total. The number of Topliss-reactive ketones (excluding diaryl/α,β-unsaturated/α-hetero) is 1. The Morgan fingerprint density at radius 1 is 1.33 bits per heavy atom. The summed E-state index contributed by atoms with van der Waals surface area (Å²) in [5.41, 5.74) is 3.83. The standard InChI is InChI=1S/C19H19N3O2/c1-22-11-13-7-9-20-15-10-16(19(24)18(22)17(13)15)21-8-6-12-2-4-14(23)5-3-12/h2-6,8,10-11,17-18,20,23H,7,9H2,1H3/b8-6+,21-16?. The first-order chi connectivity index (χ1) is 11.6. The molecule has 2 heterocycles. The molecule has 5 heteroatoms. The zero-order chi connectivity index (χ0) is 16.7. The van der Waals surface area contributed by atoms with Gasteiger partial charge < -0.3 is 15.3 Å². The van der Waals surface area contributed by atoms with E-state index < -0.39 is 0 Å². The highest BCUT2D eigenvalue weighted by atomic mass is 16.3. The van der Waals surface area contributed by atoms with Gasteiger partial charge in [0.2, 0.25) is 5.78 Å². The first-order valence-electron chi connectivity index (χ1n) is 8.09. The third-order valence-electron chi connectivity index (χ3n) is 4.79. The summed E-state index contributed by atoms with van der Waals surface area (Å²) in [5, 5.41) is 12.7. The van der Waals surface area contributed by atoms with E-state index in [0.29, 0.717) is 5.71 Å². The van der Waals surface area contributed by atoms with Gasteiger partial charge in [0.25, 0.3) is 0 Å². The zero-order valence-electron chi connectivity index (χ0n) is 13.4. The predicted molar refractivity (Wildman–Crippen MR) is 93.4 cm³/mol. The van der Waals surface area contributed by atoms with Gasteiger partial charge in [0, 0.05) is 31.4 Å². The van der Waals surface area contributed by atoms with Gasteiger partial charge >= 0.3 is 0 Å². The smallest absolute Gasteiger partial charge is 0.204 e. The third-order valence-corrected chi connectivity index (χ3v) is 4.79. The van der Waals surface area contributed by atoms with Crippen molar-refractivity contribution in [2.75, 3.05) is 13.6 Å². The Balaban J connectivity index is 1.62. The number of hydrogen-bond acceptors (Lipinski definition) is 5. The number of rotatable bonds is 2. The summed E-state index contributed by atoms with van der Waals surface area (Å²) >= 11 is 0. The van der Waals surface area contributed by atoms with Crippen LogP contribution >= 0.6 is 0 Å². The van der Waals surface area contributed by atoms with Gasteiger partial charge in [0.05, 0.1) is 0 Å². The molecule has 2 N–H and O–H groups in total. The topological polar surface area (TPSA) is 64.9 Å². The van der Waals surface area contributed by atoms with Crippen molar-refractivity contribution in [2.24, 2.45) is 10.9 Å². The lowest BCUT2D eigenvalue weighted by molar-refractivity contribution is -0.117. The summed E-state index contributed by atoms with van der Waals surface area (Å²) in [5.74, 6) is 0.459. The molecule has 0 radical (unpaired) electrons. The Morgan fingerprint density at radius 3 is 2.92 bits per heavy atom. The molecule has 1 aliphatic carbocycles. The lowest BCUT2D eigenvalue weighted by atomic mass is 9.79. The van der Waals surface area contributed by atoms with Crippen LogP contribution in [0, 0.1) is 5.92 Å². The second-order valence-corrected chi connectivity index (χ2v) is 6.35. The first-order valence-corrected chi connectivity index (χ1v) is 8.09. The van der Waals surface area contributed by atoms with Crippen molar-refractivity contribution in [1.29, 1.82) is 0 Å². The van der Waals surface area contributed by atoms with E-state index in [1.165, 1.54) is 5.57 Å². The van der Waals surface area contributed by atoms with Crippen LogP contribution in [0.2, 0.25) is 0 Å². The lowest BCUT2D eigenvalue weighted by Crippen LogP contribution is -2.48. The van der Waals surface area contributed by atoms with Crippen molar-refractivity contribution < 1.29 is 9.90 Å². The van der Waals surface area contributed by atoms with Crippen LogP contribution in [0.4, 0.5) is 0 Å². The molecular formula is C19H19N3O2. The highest BCUT2D eigenvalue weighted by Gasteiger charge is 2.45. The molecular weight excluding hydrogens is 302 g/mol. The summed E-state index contributed by atoms with van der Waals surface area (Å²) in [6, 6.07) is 6.67. The molecule has 0 amide bonds. The lowest BCUT2D eigenvalue weighted by Gasteiger charge is -2.35. The summed E-state index contributed by atoms with van der Waals surface area (Å²) in [4.78, 5) is 19.2. The number of ketones is 1. The molecule has 2 aliphatic heterocycles. The maximum Gasteiger partial charge on any atom is 0.204 e.